The van der Waals surface area contributed by atoms with Crippen molar-refractivity contribution < 1.29 is 0 Å². The third kappa shape index (κ3) is 4.77. The van der Waals surface area contributed by atoms with Crippen LogP contribution in [0.3, 0.4) is 0 Å². The molecule has 0 saturated carbocycles. The summed E-state index contributed by atoms with van der Waals surface area (Å²) in [7, 11) is 0. The summed E-state index contributed by atoms with van der Waals surface area (Å²) in [6.07, 6.45) is 1.80. The first-order valence-electron chi connectivity index (χ1n) is 4.21. The smallest absolute Gasteiger partial charge is 0.0420 e. The van der Waals surface area contributed by atoms with Crippen LogP contribution in [0.4, 0.5) is 0 Å². The lowest BCUT2D eigenvalue weighted by Crippen LogP contribution is -2.08. The number of allylic oxidation sites excluding steroid dienone is 1. The molecule has 0 amide bonds. The maximum atomic E-state index is 4.36. The summed E-state index contributed by atoms with van der Waals surface area (Å²) in [6, 6.07) is 0. The molecule has 0 spiro atoms. The molecule has 1 atom stereocenters. The second kappa shape index (κ2) is 5.11. The summed E-state index contributed by atoms with van der Waals surface area (Å²) in [6.45, 7) is 13.2. The van der Waals surface area contributed by atoms with Crippen molar-refractivity contribution in [2.75, 3.05) is 6.54 Å². The van der Waals surface area contributed by atoms with E-state index < -0.39 is 0 Å². The molecule has 0 aromatic rings. The molecule has 11 heavy (non-hydrogen) atoms. The van der Waals surface area contributed by atoms with Gasteiger partial charge in [-0.1, -0.05) is 27.4 Å². The molecule has 0 N–H and O–H groups in total. The minimum absolute atomic E-state index is 0.671. The summed E-state index contributed by atoms with van der Waals surface area (Å²) in [5.41, 5.74) is 1.04. The Morgan fingerprint density at radius 2 is 2.00 bits per heavy atom. The van der Waals surface area contributed by atoms with Crippen LogP contribution < -0.4 is 0 Å². The Hall–Kier alpha value is -0.590. The number of hydrogen-bond acceptors (Lipinski definition) is 1. The monoisotopic (exact) mass is 153 g/mol. The van der Waals surface area contributed by atoms with Gasteiger partial charge in [-0.05, 0) is 24.8 Å². The van der Waals surface area contributed by atoms with Gasteiger partial charge in [0.1, 0.15) is 0 Å². The van der Waals surface area contributed by atoms with Crippen LogP contribution in [-0.2, 0) is 0 Å². The SMILES string of the molecule is C=CC(C)=NCC(C)C(C)C. The second-order valence-electron chi connectivity index (χ2n) is 3.41. The molecular weight excluding hydrogens is 134 g/mol. The highest BCUT2D eigenvalue weighted by molar-refractivity contribution is 5.92. The Bertz CT molecular complexity index is 145. The Balaban J connectivity index is 3.77. The maximum absolute atomic E-state index is 4.36. The van der Waals surface area contributed by atoms with Gasteiger partial charge >= 0.3 is 0 Å². The molecule has 0 rings (SSSR count). The molecule has 1 unspecified atom stereocenters. The average molecular weight is 153 g/mol. The first-order chi connectivity index (χ1) is 5.07. The van der Waals surface area contributed by atoms with E-state index in [1.807, 2.05) is 6.92 Å². The van der Waals surface area contributed by atoms with E-state index in [2.05, 4.69) is 32.3 Å². The summed E-state index contributed by atoms with van der Waals surface area (Å²) in [5.74, 6) is 1.39. The lowest BCUT2D eigenvalue weighted by atomic mass is 9.98. The van der Waals surface area contributed by atoms with Crippen molar-refractivity contribution in [2.45, 2.75) is 27.7 Å². The van der Waals surface area contributed by atoms with E-state index in [0.29, 0.717) is 5.92 Å². The van der Waals surface area contributed by atoms with Crippen molar-refractivity contribution in [3.8, 4) is 0 Å². The summed E-state index contributed by atoms with van der Waals surface area (Å²) < 4.78 is 0. The third-order valence-electron chi connectivity index (χ3n) is 2.06. The van der Waals surface area contributed by atoms with Crippen molar-refractivity contribution >= 4 is 5.71 Å². The number of hydrogen-bond donors (Lipinski definition) is 0. The van der Waals surface area contributed by atoms with Gasteiger partial charge in [-0.15, -0.1) is 0 Å². The van der Waals surface area contributed by atoms with Gasteiger partial charge in [0.15, 0.2) is 0 Å². The fraction of sp³-hybridized carbons (Fsp3) is 0.700. The molecule has 0 fully saturated rings. The van der Waals surface area contributed by atoms with Gasteiger partial charge in [0.05, 0.1) is 0 Å². The van der Waals surface area contributed by atoms with Gasteiger partial charge in [0.25, 0.3) is 0 Å². The van der Waals surface area contributed by atoms with Crippen LogP contribution in [0.5, 0.6) is 0 Å². The molecule has 0 aromatic carbocycles. The van der Waals surface area contributed by atoms with Gasteiger partial charge in [0.2, 0.25) is 0 Å². The lowest BCUT2D eigenvalue weighted by Gasteiger charge is -2.11. The first kappa shape index (κ1) is 10.4. The standard InChI is InChI=1S/C10H19N/c1-6-10(5)11-7-9(4)8(2)3/h6,8-9H,1,7H2,2-5H3. The van der Waals surface area contributed by atoms with Gasteiger partial charge in [-0.25, -0.2) is 0 Å². The van der Waals surface area contributed by atoms with Crippen LogP contribution >= 0.6 is 0 Å². The summed E-state index contributed by atoms with van der Waals surface area (Å²) >= 11 is 0. The van der Waals surface area contributed by atoms with Crippen LogP contribution in [0.1, 0.15) is 27.7 Å². The van der Waals surface area contributed by atoms with E-state index in [-0.39, 0.29) is 0 Å². The first-order valence-corrected chi connectivity index (χ1v) is 4.21. The highest BCUT2D eigenvalue weighted by Crippen LogP contribution is 2.09. The predicted octanol–water partition coefficient (Wildman–Crippen LogP) is 2.93. The molecule has 0 radical (unpaired) electrons. The van der Waals surface area contributed by atoms with Crippen LogP contribution in [0.15, 0.2) is 17.6 Å². The van der Waals surface area contributed by atoms with Gasteiger partial charge in [-0.3, -0.25) is 4.99 Å². The van der Waals surface area contributed by atoms with E-state index in [9.17, 15) is 0 Å². The van der Waals surface area contributed by atoms with Crippen molar-refractivity contribution in [1.82, 2.24) is 0 Å². The normalized spacial score (nSPS) is 15.2. The van der Waals surface area contributed by atoms with Crippen LogP contribution in [0, 0.1) is 11.8 Å². The molecule has 0 aliphatic heterocycles. The zero-order valence-electron chi connectivity index (χ0n) is 8.09. The molecule has 0 saturated heterocycles. The number of rotatable bonds is 4. The maximum Gasteiger partial charge on any atom is 0.0420 e. The predicted molar refractivity (Wildman–Crippen MR) is 52.2 cm³/mol. The molecule has 1 heteroatoms. The summed E-state index contributed by atoms with van der Waals surface area (Å²) in [5, 5.41) is 0. The molecule has 0 aromatic heterocycles. The third-order valence-corrected chi connectivity index (χ3v) is 2.06. The van der Waals surface area contributed by atoms with Crippen molar-refractivity contribution in [3.63, 3.8) is 0 Å². The van der Waals surface area contributed by atoms with E-state index in [1.54, 1.807) is 6.08 Å². The van der Waals surface area contributed by atoms with E-state index in [4.69, 9.17) is 0 Å². The fourth-order valence-electron chi connectivity index (χ4n) is 0.563. The van der Waals surface area contributed by atoms with Crippen molar-refractivity contribution in [2.24, 2.45) is 16.8 Å². The average Bonchev–Trinajstić information content (AvgIpc) is 1.99. The molecule has 1 nitrogen and oxygen atoms in total. The number of nitrogens with zero attached hydrogens (tertiary/aromatic N) is 1. The minimum Gasteiger partial charge on any atom is -0.290 e. The molecule has 0 aliphatic carbocycles. The minimum atomic E-state index is 0.671. The van der Waals surface area contributed by atoms with Crippen LogP contribution in [0.25, 0.3) is 0 Å². The summed E-state index contributed by atoms with van der Waals surface area (Å²) in [4.78, 5) is 4.36. The van der Waals surface area contributed by atoms with Crippen molar-refractivity contribution in [1.29, 1.82) is 0 Å². The van der Waals surface area contributed by atoms with Gasteiger partial charge < -0.3 is 0 Å². The molecular formula is C10H19N. The zero-order valence-corrected chi connectivity index (χ0v) is 8.09. The van der Waals surface area contributed by atoms with Crippen molar-refractivity contribution in [3.05, 3.63) is 12.7 Å². The largest absolute Gasteiger partial charge is 0.290 e. The van der Waals surface area contributed by atoms with E-state index >= 15 is 0 Å². The quantitative estimate of drug-likeness (QED) is 0.551. The van der Waals surface area contributed by atoms with Crippen LogP contribution in [0.2, 0.25) is 0 Å². The Morgan fingerprint density at radius 3 is 2.36 bits per heavy atom. The topological polar surface area (TPSA) is 12.4 Å². The Morgan fingerprint density at radius 1 is 1.45 bits per heavy atom. The fourth-order valence-corrected chi connectivity index (χ4v) is 0.563. The Labute approximate surface area is 70.2 Å². The highest BCUT2D eigenvalue weighted by atomic mass is 14.7. The lowest BCUT2D eigenvalue weighted by molar-refractivity contribution is 0.430. The van der Waals surface area contributed by atoms with Crippen LogP contribution in [-0.4, -0.2) is 12.3 Å². The Kier molecular flexibility index (Phi) is 4.84. The molecule has 0 bridgehead atoms. The van der Waals surface area contributed by atoms with E-state index in [0.717, 1.165) is 18.2 Å². The second-order valence-corrected chi connectivity index (χ2v) is 3.41. The van der Waals surface area contributed by atoms with Gasteiger partial charge in [-0.2, -0.15) is 0 Å². The van der Waals surface area contributed by atoms with E-state index in [1.165, 1.54) is 0 Å². The highest BCUT2D eigenvalue weighted by Gasteiger charge is 2.04. The number of aliphatic imine (C=N–C) groups is 1. The molecule has 0 heterocycles. The zero-order chi connectivity index (χ0) is 8.85. The molecule has 0 aliphatic rings. The molecule has 64 valence electrons. The van der Waals surface area contributed by atoms with Gasteiger partial charge in [0, 0.05) is 12.3 Å².